The van der Waals surface area contributed by atoms with Crippen molar-refractivity contribution in [2.45, 2.75) is 63.7 Å². The predicted molar refractivity (Wildman–Crippen MR) is 115 cm³/mol. The Morgan fingerprint density at radius 1 is 1.17 bits per heavy atom. The van der Waals surface area contributed by atoms with E-state index < -0.39 is 17.2 Å². The second kappa shape index (κ2) is 9.89. The van der Waals surface area contributed by atoms with Crippen molar-refractivity contribution < 1.29 is 14.5 Å². The molecule has 1 aromatic carbocycles. The first-order chi connectivity index (χ1) is 13.6. The van der Waals surface area contributed by atoms with Gasteiger partial charge in [-0.05, 0) is 46.8 Å². The first-order valence-corrected chi connectivity index (χ1v) is 10.6. The van der Waals surface area contributed by atoms with Gasteiger partial charge in [0.2, 0.25) is 5.91 Å². The topological polar surface area (TPSA) is 112 Å². The summed E-state index contributed by atoms with van der Waals surface area (Å²) in [7, 11) is 0. The highest BCUT2D eigenvalue weighted by Gasteiger charge is 2.22. The van der Waals surface area contributed by atoms with E-state index in [1.165, 1.54) is 4.90 Å². The largest absolute Gasteiger partial charge is 0.351 e. The Labute approximate surface area is 174 Å². The summed E-state index contributed by atoms with van der Waals surface area (Å²) in [5, 5.41) is 2.43. The van der Waals surface area contributed by atoms with E-state index in [9.17, 15) is 14.4 Å². The van der Waals surface area contributed by atoms with Crippen molar-refractivity contribution in [3.63, 3.8) is 0 Å². The van der Waals surface area contributed by atoms with Gasteiger partial charge in [0, 0.05) is 0 Å². The SMILES string of the molecule is CC(C)[NH+](CCn1c(S[C@@H](C)C(=O)NC(N)=O)nc2ccccc2c1=O)C(C)C. The molecule has 0 aliphatic rings. The van der Waals surface area contributed by atoms with E-state index in [1.54, 1.807) is 23.6 Å². The van der Waals surface area contributed by atoms with Gasteiger partial charge in [0.15, 0.2) is 5.16 Å². The van der Waals surface area contributed by atoms with Gasteiger partial charge >= 0.3 is 6.03 Å². The third-order valence-corrected chi connectivity index (χ3v) is 5.92. The van der Waals surface area contributed by atoms with Crippen LogP contribution in [0.1, 0.15) is 34.6 Å². The first-order valence-electron chi connectivity index (χ1n) is 9.74. The fourth-order valence-corrected chi connectivity index (χ4v) is 4.29. The number of carbonyl (C=O) groups is 2. The average Bonchev–Trinajstić information content (AvgIpc) is 2.63. The second-order valence-corrected chi connectivity index (χ2v) is 8.92. The normalized spacial score (nSPS) is 12.7. The average molecular weight is 421 g/mol. The number of fused-ring (bicyclic) bond motifs is 1. The van der Waals surface area contributed by atoms with Crippen LogP contribution in [-0.2, 0) is 11.3 Å². The summed E-state index contributed by atoms with van der Waals surface area (Å²) in [5.41, 5.74) is 5.48. The maximum Gasteiger partial charge on any atom is 0.318 e. The summed E-state index contributed by atoms with van der Waals surface area (Å²) in [6.45, 7) is 11.5. The minimum Gasteiger partial charge on any atom is -0.351 e. The molecule has 9 heteroatoms. The number of rotatable bonds is 8. The number of para-hydroxylation sites is 1. The molecule has 0 aliphatic carbocycles. The number of nitrogens with zero attached hydrogens (tertiary/aromatic N) is 2. The fraction of sp³-hybridized carbons (Fsp3) is 0.500. The molecule has 158 valence electrons. The van der Waals surface area contributed by atoms with Gasteiger partial charge in [-0.15, -0.1) is 0 Å². The molecule has 8 nitrogen and oxygen atoms in total. The Kier molecular flexibility index (Phi) is 7.80. The minimum atomic E-state index is -0.903. The Morgan fingerprint density at radius 2 is 1.79 bits per heavy atom. The van der Waals surface area contributed by atoms with Gasteiger partial charge < -0.3 is 10.6 Å². The molecule has 0 fully saturated rings. The standard InChI is InChI=1S/C20H29N5O3S/c1-12(2)24(13(3)4)10-11-25-18(27)15-8-6-7-9-16(15)22-20(25)29-14(5)17(26)23-19(21)28/h6-9,12-14H,10-11H2,1-5H3,(H3,21,23,26,28)/p+1/t14-/m0/s1. The van der Waals surface area contributed by atoms with Gasteiger partial charge in [0.05, 0.1) is 41.3 Å². The lowest BCUT2D eigenvalue weighted by Crippen LogP contribution is -3.18. The number of nitrogens with one attached hydrogen (secondary N) is 2. The third kappa shape index (κ3) is 5.80. The fourth-order valence-electron chi connectivity index (χ4n) is 3.35. The van der Waals surface area contributed by atoms with E-state index in [1.807, 2.05) is 12.1 Å². The molecule has 2 rings (SSSR count). The van der Waals surface area contributed by atoms with Crippen molar-refractivity contribution in [2.75, 3.05) is 6.54 Å². The number of primary amides is 1. The number of thioether (sulfide) groups is 1. The number of benzene rings is 1. The number of aromatic nitrogens is 2. The highest BCUT2D eigenvalue weighted by Crippen LogP contribution is 2.22. The van der Waals surface area contributed by atoms with Crippen LogP contribution < -0.4 is 21.5 Å². The van der Waals surface area contributed by atoms with E-state index in [-0.39, 0.29) is 5.56 Å². The molecule has 1 heterocycles. The van der Waals surface area contributed by atoms with Crippen LogP contribution in [0.2, 0.25) is 0 Å². The van der Waals surface area contributed by atoms with E-state index >= 15 is 0 Å². The molecule has 0 spiro atoms. The van der Waals surface area contributed by atoms with E-state index in [4.69, 9.17) is 5.73 Å². The zero-order valence-electron chi connectivity index (χ0n) is 17.6. The van der Waals surface area contributed by atoms with E-state index in [0.717, 1.165) is 18.3 Å². The summed E-state index contributed by atoms with van der Waals surface area (Å²) >= 11 is 1.14. The molecule has 2 aromatic rings. The van der Waals surface area contributed by atoms with Crippen molar-refractivity contribution in [3.05, 3.63) is 34.6 Å². The Morgan fingerprint density at radius 3 is 2.38 bits per heavy atom. The number of urea groups is 1. The predicted octanol–water partition coefficient (Wildman–Crippen LogP) is 0.774. The molecule has 0 bridgehead atoms. The van der Waals surface area contributed by atoms with Crippen molar-refractivity contribution in [2.24, 2.45) is 5.73 Å². The van der Waals surface area contributed by atoms with E-state index in [0.29, 0.717) is 34.7 Å². The van der Waals surface area contributed by atoms with Crippen LogP contribution in [0.25, 0.3) is 10.9 Å². The molecule has 0 radical (unpaired) electrons. The number of carbonyl (C=O) groups excluding carboxylic acids is 2. The summed E-state index contributed by atoms with van der Waals surface area (Å²) in [4.78, 5) is 42.2. The maximum atomic E-state index is 13.2. The van der Waals surface area contributed by atoms with Gasteiger partial charge in [-0.2, -0.15) is 0 Å². The number of nitrogens with two attached hydrogens (primary N) is 1. The molecule has 0 saturated heterocycles. The van der Waals surface area contributed by atoms with Gasteiger partial charge in [0.1, 0.15) is 0 Å². The van der Waals surface area contributed by atoms with Crippen LogP contribution in [0.4, 0.5) is 4.79 Å². The van der Waals surface area contributed by atoms with Gasteiger partial charge in [-0.3, -0.25) is 19.5 Å². The third-order valence-electron chi connectivity index (χ3n) is 4.83. The van der Waals surface area contributed by atoms with Crippen molar-refractivity contribution in [1.82, 2.24) is 14.9 Å². The van der Waals surface area contributed by atoms with Crippen LogP contribution in [0.3, 0.4) is 0 Å². The number of imide groups is 1. The lowest BCUT2D eigenvalue weighted by molar-refractivity contribution is -0.942. The molecule has 3 amide bonds. The van der Waals surface area contributed by atoms with Crippen LogP contribution in [0.15, 0.2) is 34.2 Å². The zero-order valence-corrected chi connectivity index (χ0v) is 18.4. The number of hydrogen-bond donors (Lipinski definition) is 3. The molecule has 0 saturated carbocycles. The molecule has 4 N–H and O–H groups in total. The highest BCUT2D eigenvalue weighted by atomic mass is 32.2. The minimum absolute atomic E-state index is 0.132. The molecular formula is C20H30N5O3S+. The van der Waals surface area contributed by atoms with Crippen molar-refractivity contribution >= 4 is 34.6 Å². The van der Waals surface area contributed by atoms with Crippen LogP contribution in [0, 0.1) is 0 Å². The molecular weight excluding hydrogens is 390 g/mol. The summed E-state index contributed by atoms with van der Waals surface area (Å²) < 4.78 is 1.63. The van der Waals surface area contributed by atoms with E-state index in [2.05, 4.69) is 38.0 Å². The maximum absolute atomic E-state index is 13.2. The molecule has 1 atom stereocenters. The zero-order chi connectivity index (χ0) is 21.7. The van der Waals surface area contributed by atoms with Crippen LogP contribution in [-0.4, -0.2) is 45.4 Å². The highest BCUT2D eigenvalue weighted by molar-refractivity contribution is 8.00. The Bertz CT molecular complexity index is 933. The van der Waals surface area contributed by atoms with Crippen molar-refractivity contribution in [3.8, 4) is 0 Å². The first kappa shape index (κ1) is 22.9. The lowest BCUT2D eigenvalue weighted by atomic mass is 10.2. The Hall–Kier alpha value is -2.39. The molecule has 1 aromatic heterocycles. The summed E-state index contributed by atoms with van der Waals surface area (Å²) in [6.07, 6.45) is 0. The number of hydrogen-bond acceptors (Lipinski definition) is 5. The van der Waals surface area contributed by atoms with Crippen molar-refractivity contribution in [1.29, 1.82) is 0 Å². The van der Waals surface area contributed by atoms with Crippen LogP contribution in [0.5, 0.6) is 0 Å². The molecule has 0 aliphatic heterocycles. The lowest BCUT2D eigenvalue weighted by Gasteiger charge is -2.28. The quantitative estimate of drug-likeness (QED) is 0.432. The molecule has 29 heavy (non-hydrogen) atoms. The summed E-state index contributed by atoms with van der Waals surface area (Å²) in [5.74, 6) is -0.520. The summed E-state index contributed by atoms with van der Waals surface area (Å²) in [6, 6.07) is 7.09. The van der Waals surface area contributed by atoms with Crippen LogP contribution >= 0.6 is 11.8 Å². The number of quaternary nitrogens is 1. The second-order valence-electron chi connectivity index (χ2n) is 7.62. The van der Waals surface area contributed by atoms with Gasteiger partial charge in [-0.25, -0.2) is 9.78 Å². The number of amides is 3. The molecule has 0 unspecified atom stereocenters. The monoisotopic (exact) mass is 420 g/mol. The smallest absolute Gasteiger partial charge is 0.318 e. The van der Waals surface area contributed by atoms with Gasteiger partial charge in [0.25, 0.3) is 5.56 Å². The Balaban J connectivity index is 2.41. The van der Waals surface area contributed by atoms with Gasteiger partial charge in [-0.1, -0.05) is 23.9 Å².